The molecule has 3 atom stereocenters. The molecule has 1 saturated heterocycles. The number of aromatic nitrogens is 1. The van der Waals surface area contributed by atoms with Crippen LogP contribution < -0.4 is 11.1 Å². The van der Waals surface area contributed by atoms with Crippen molar-refractivity contribution in [2.45, 2.75) is 69.9 Å². The number of Topliss-reactive ketones (excluding diaryl/α,β-unsaturated/α-hetero) is 1. The lowest BCUT2D eigenvalue weighted by molar-refractivity contribution is -0.131. The average molecular weight is 499 g/mol. The smallest absolute Gasteiger partial charge is 0.271 e. The first-order chi connectivity index (χ1) is 16.7. The van der Waals surface area contributed by atoms with Crippen LogP contribution in [0, 0.1) is 11.3 Å². The van der Waals surface area contributed by atoms with E-state index in [2.05, 4.69) is 10.3 Å². The standard InChI is InChI=1S/C26H31ClN4O4/c27-17-7-6-15-10-20(29-18(15)12-17)25(35)31-14-26(8-3-9-26)13-21(31)24(34)30-19(23(28)33)11-16-4-1-2-5-22(16)32/h6-7,10,12,16,19,21,29H,1-5,8-9,11,13-14H2,(H2,28,33)(H,30,34)/t16-,19-,21?/m0/s1. The summed E-state index contributed by atoms with van der Waals surface area (Å²) in [6.07, 6.45) is 6.81. The number of carbonyl (C=O) groups is 4. The Labute approximate surface area is 208 Å². The molecule has 3 fully saturated rings. The number of nitrogens with two attached hydrogens (primary N) is 1. The number of rotatable bonds is 6. The molecule has 1 aromatic carbocycles. The van der Waals surface area contributed by atoms with Gasteiger partial charge in [0, 0.05) is 34.8 Å². The van der Waals surface area contributed by atoms with E-state index < -0.39 is 18.0 Å². The van der Waals surface area contributed by atoms with Crippen LogP contribution >= 0.6 is 11.6 Å². The third kappa shape index (κ3) is 4.68. The summed E-state index contributed by atoms with van der Waals surface area (Å²) in [5.74, 6) is -1.42. The first kappa shape index (κ1) is 23.9. The lowest BCUT2D eigenvalue weighted by atomic mass is 9.67. The van der Waals surface area contributed by atoms with E-state index in [-0.39, 0.29) is 35.4 Å². The van der Waals surface area contributed by atoms with Gasteiger partial charge < -0.3 is 20.9 Å². The van der Waals surface area contributed by atoms with Gasteiger partial charge in [-0.05, 0) is 62.1 Å². The normalized spacial score (nSPS) is 24.4. The molecule has 5 rings (SSSR count). The summed E-state index contributed by atoms with van der Waals surface area (Å²) in [5, 5.41) is 4.23. The Kier molecular flexibility index (Phi) is 6.34. The van der Waals surface area contributed by atoms with E-state index >= 15 is 0 Å². The van der Waals surface area contributed by atoms with Crippen LogP contribution in [0.15, 0.2) is 24.3 Å². The third-order valence-electron chi connectivity index (χ3n) is 8.16. The molecule has 2 aromatic rings. The maximum absolute atomic E-state index is 13.6. The first-order valence-electron chi connectivity index (χ1n) is 12.5. The molecule has 3 aliphatic rings. The molecule has 186 valence electrons. The van der Waals surface area contributed by atoms with Gasteiger partial charge in [0.05, 0.1) is 0 Å². The molecule has 4 N–H and O–H groups in total. The van der Waals surface area contributed by atoms with Crippen molar-refractivity contribution in [3.8, 4) is 0 Å². The van der Waals surface area contributed by atoms with Crippen molar-refractivity contribution in [1.82, 2.24) is 15.2 Å². The molecular formula is C26H31ClN4O4. The van der Waals surface area contributed by atoms with Gasteiger partial charge in [0.25, 0.3) is 5.91 Å². The van der Waals surface area contributed by atoms with E-state index in [1.807, 2.05) is 6.07 Å². The van der Waals surface area contributed by atoms with Gasteiger partial charge in [-0.2, -0.15) is 0 Å². The van der Waals surface area contributed by atoms with Crippen molar-refractivity contribution < 1.29 is 19.2 Å². The zero-order valence-corrected chi connectivity index (χ0v) is 20.4. The van der Waals surface area contributed by atoms with Crippen molar-refractivity contribution in [2.75, 3.05) is 6.54 Å². The minimum Gasteiger partial charge on any atom is -0.368 e. The highest BCUT2D eigenvalue weighted by molar-refractivity contribution is 6.31. The van der Waals surface area contributed by atoms with Gasteiger partial charge in [0.2, 0.25) is 11.8 Å². The topological polar surface area (TPSA) is 125 Å². The minimum absolute atomic E-state index is 0.0610. The number of amides is 3. The summed E-state index contributed by atoms with van der Waals surface area (Å²) in [7, 11) is 0. The van der Waals surface area contributed by atoms with Crippen molar-refractivity contribution in [2.24, 2.45) is 17.1 Å². The summed E-state index contributed by atoms with van der Waals surface area (Å²) in [6, 6.07) is 5.52. The number of likely N-dealkylation sites (tertiary alicyclic amines) is 1. The molecule has 1 aliphatic heterocycles. The van der Waals surface area contributed by atoms with Crippen molar-refractivity contribution in [1.29, 1.82) is 0 Å². The van der Waals surface area contributed by atoms with Gasteiger partial charge in [-0.3, -0.25) is 19.2 Å². The summed E-state index contributed by atoms with van der Waals surface area (Å²) in [5.41, 5.74) is 6.71. The van der Waals surface area contributed by atoms with Gasteiger partial charge in [-0.15, -0.1) is 0 Å². The Morgan fingerprint density at radius 3 is 2.69 bits per heavy atom. The lowest BCUT2D eigenvalue weighted by Gasteiger charge is -2.37. The van der Waals surface area contributed by atoms with Gasteiger partial charge >= 0.3 is 0 Å². The molecule has 9 heteroatoms. The number of primary amides is 1. The Morgan fingerprint density at radius 2 is 2.00 bits per heavy atom. The summed E-state index contributed by atoms with van der Waals surface area (Å²) in [4.78, 5) is 56.3. The van der Waals surface area contributed by atoms with E-state index in [1.165, 1.54) is 0 Å². The van der Waals surface area contributed by atoms with Crippen LogP contribution in [0.3, 0.4) is 0 Å². The Bertz CT molecular complexity index is 1190. The van der Waals surface area contributed by atoms with Crippen molar-refractivity contribution in [3.05, 3.63) is 35.0 Å². The quantitative estimate of drug-likeness (QED) is 0.564. The molecule has 0 bridgehead atoms. The number of halogens is 1. The van der Waals surface area contributed by atoms with Gasteiger partial charge in [-0.25, -0.2) is 0 Å². The number of ketones is 1. The predicted molar refractivity (Wildman–Crippen MR) is 132 cm³/mol. The van der Waals surface area contributed by atoms with E-state index in [0.29, 0.717) is 36.5 Å². The van der Waals surface area contributed by atoms with Crippen LogP contribution in [0.4, 0.5) is 0 Å². The van der Waals surface area contributed by atoms with Crippen LogP contribution in [0.2, 0.25) is 5.02 Å². The second-order valence-corrected chi connectivity index (χ2v) is 11.0. The monoisotopic (exact) mass is 498 g/mol. The molecule has 2 heterocycles. The molecule has 2 saturated carbocycles. The van der Waals surface area contributed by atoms with Crippen LogP contribution in [0.1, 0.15) is 68.3 Å². The average Bonchev–Trinajstić information content (AvgIpc) is 3.41. The Balaban J connectivity index is 1.35. The number of nitrogens with zero attached hydrogens (tertiary/aromatic N) is 1. The predicted octanol–water partition coefficient (Wildman–Crippen LogP) is 3.33. The fourth-order valence-corrected chi connectivity index (χ4v) is 6.19. The first-order valence-corrected chi connectivity index (χ1v) is 12.8. The number of nitrogens with one attached hydrogen (secondary N) is 2. The SMILES string of the molecule is NC(=O)[C@H](C[C@@H]1CCCCC1=O)NC(=O)C1CC2(CCC2)CN1C(=O)c1cc2ccc(Cl)cc2[nH]1. The van der Waals surface area contributed by atoms with E-state index in [0.717, 1.165) is 43.0 Å². The highest BCUT2D eigenvalue weighted by Crippen LogP contribution is 2.50. The fourth-order valence-electron chi connectivity index (χ4n) is 6.02. The van der Waals surface area contributed by atoms with Crippen LogP contribution in [-0.4, -0.2) is 52.0 Å². The number of benzene rings is 1. The molecule has 0 radical (unpaired) electrons. The van der Waals surface area contributed by atoms with E-state index in [4.69, 9.17) is 17.3 Å². The van der Waals surface area contributed by atoms with Crippen LogP contribution in [-0.2, 0) is 14.4 Å². The Morgan fingerprint density at radius 1 is 1.20 bits per heavy atom. The highest BCUT2D eigenvalue weighted by Gasteiger charge is 2.52. The summed E-state index contributed by atoms with van der Waals surface area (Å²) >= 11 is 6.09. The van der Waals surface area contributed by atoms with Gasteiger partial charge in [0.1, 0.15) is 23.6 Å². The number of carbonyl (C=O) groups excluding carboxylic acids is 4. The summed E-state index contributed by atoms with van der Waals surface area (Å²) < 4.78 is 0. The van der Waals surface area contributed by atoms with E-state index in [9.17, 15) is 19.2 Å². The van der Waals surface area contributed by atoms with Crippen molar-refractivity contribution >= 4 is 46.0 Å². The number of hydrogen-bond acceptors (Lipinski definition) is 4. The lowest BCUT2D eigenvalue weighted by Crippen LogP contribution is -2.53. The molecule has 1 aromatic heterocycles. The summed E-state index contributed by atoms with van der Waals surface area (Å²) in [6.45, 7) is 0.502. The second-order valence-electron chi connectivity index (χ2n) is 10.5. The number of H-pyrrole nitrogens is 1. The number of fused-ring (bicyclic) bond motifs is 1. The van der Waals surface area contributed by atoms with E-state index in [1.54, 1.807) is 23.1 Å². The van der Waals surface area contributed by atoms with Gasteiger partial charge in [-0.1, -0.05) is 30.5 Å². The Hall–Kier alpha value is -2.87. The molecule has 2 aliphatic carbocycles. The zero-order valence-electron chi connectivity index (χ0n) is 19.6. The maximum atomic E-state index is 13.6. The number of aromatic amines is 1. The van der Waals surface area contributed by atoms with Gasteiger partial charge in [0.15, 0.2) is 0 Å². The fraction of sp³-hybridized carbons (Fsp3) is 0.538. The minimum atomic E-state index is -0.931. The molecule has 3 amide bonds. The van der Waals surface area contributed by atoms with Crippen LogP contribution in [0.25, 0.3) is 10.9 Å². The van der Waals surface area contributed by atoms with Crippen LogP contribution in [0.5, 0.6) is 0 Å². The second kappa shape index (κ2) is 9.30. The van der Waals surface area contributed by atoms with Crippen molar-refractivity contribution in [3.63, 3.8) is 0 Å². The third-order valence-corrected chi connectivity index (χ3v) is 8.40. The molecule has 1 unspecified atom stereocenters. The number of hydrogen-bond donors (Lipinski definition) is 3. The zero-order chi connectivity index (χ0) is 24.7. The molecule has 8 nitrogen and oxygen atoms in total. The molecule has 1 spiro atoms. The maximum Gasteiger partial charge on any atom is 0.271 e. The molecule has 35 heavy (non-hydrogen) atoms. The highest BCUT2D eigenvalue weighted by atomic mass is 35.5. The molecular weight excluding hydrogens is 468 g/mol. The largest absolute Gasteiger partial charge is 0.368 e.